The largest absolute Gasteiger partial charge is 1.00 e. The molecule has 0 amide bonds. The van der Waals surface area contributed by atoms with E-state index in [0.717, 1.165) is 22.9 Å². The van der Waals surface area contributed by atoms with Gasteiger partial charge in [0.25, 0.3) is 0 Å². The van der Waals surface area contributed by atoms with Crippen LogP contribution in [0.5, 0.6) is 0 Å². The van der Waals surface area contributed by atoms with Gasteiger partial charge < -0.3 is 15.6 Å². The van der Waals surface area contributed by atoms with Crippen LogP contribution in [-0.2, 0) is 4.79 Å². The SMILES string of the molecule is NC(C/C=C(\c1ccc2ccccc2c1)c1ccc(F)cc1F)C(=O)[O-].[Na+]. The molecule has 0 spiro atoms. The van der Waals surface area contributed by atoms with Gasteiger partial charge in [-0.2, -0.15) is 0 Å². The van der Waals surface area contributed by atoms with E-state index in [2.05, 4.69) is 0 Å². The first-order valence-electron chi connectivity index (χ1n) is 8.07. The van der Waals surface area contributed by atoms with Gasteiger partial charge in [-0.3, -0.25) is 0 Å². The summed E-state index contributed by atoms with van der Waals surface area (Å²) >= 11 is 0. The van der Waals surface area contributed by atoms with Crippen molar-refractivity contribution in [3.05, 3.63) is 89.5 Å². The molecule has 3 aromatic carbocycles. The molecule has 3 nitrogen and oxygen atoms in total. The molecule has 2 N–H and O–H groups in total. The molecule has 132 valence electrons. The number of hydrogen-bond donors (Lipinski definition) is 1. The fourth-order valence-electron chi connectivity index (χ4n) is 2.79. The summed E-state index contributed by atoms with van der Waals surface area (Å²) in [6.45, 7) is 0. The van der Waals surface area contributed by atoms with Crippen LogP contribution in [0.4, 0.5) is 8.78 Å². The van der Waals surface area contributed by atoms with E-state index in [9.17, 15) is 18.7 Å². The average molecular weight is 375 g/mol. The molecular formula is C21H16F2NNaO2. The first-order valence-corrected chi connectivity index (χ1v) is 8.07. The van der Waals surface area contributed by atoms with Crippen molar-refractivity contribution < 1.29 is 48.2 Å². The number of carbonyl (C=O) groups excluding carboxylic acids is 1. The van der Waals surface area contributed by atoms with Gasteiger partial charge in [0.15, 0.2) is 0 Å². The molecular weight excluding hydrogens is 359 g/mol. The topological polar surface area (TPSA) is 66.2 Å². The summed E-state index contributed by atoms with van der Waals surface area (Å²) in [5.74, 6) is -2.80. The summed E-state index contributed by atoms with van der Waals surface area (Å²) < 4.78 is 27.6. The van der Waals surface area contributed by atoms with E-state index in [0.29, 0.717) is 11.1 Å². The molecule has 0 saturated carbocycles. The zero-order chi connectivity index (χ0) is 18.7. The molecule has 3 rings (SSSR count). The Bertz CT molecular complexity index is 1000. The molecule has 27 heavy (non-hydrogen) atoms. The van der Waals surface area contributed by atoms with Crippen LogP contribution in [0.2, 0.25) is 0 Å². The van der Waals surface area contributed by atoms with Gasteiger partial charge in [0.05, 0.1) is 5.97 Å². The third-order valence-corrected chi connectivity index (χ3v) is 4.16. The van der Waals surface area contributed by atoms with Crippen LogP contribution in [-0.4, -0.2) is 12.0 Å². The number of hydrogen-bond acceptors (Lipinski definition) is 3. The van der Waals surface area contributed by atoms with Crippen LogP contribution in [0.1, 0.15) is 17.5 Å². The number of carboxylic acid groups (broad SMARTS) is 1. The molecule has 0 aromatic heterocycles. The maximum Gasteiger partial charge on any atom is 1.00 e. The third-order valence-electron chi connectivity index (χ3n) is 4.16. The molecule has 6 heteroatoms. The minimum Gasteiger partial charge on any atom is -0.548 e. The summed E-state index contributed by atoms with van der Waals surface area (Å²) in [6.07, 6.45) is 1.50. The Labute approximate surface area is 177 Å². The van der Waals surface area contributed by atoms with Crippen molar-refractivity contribution in [2.24, 2.45) is 5.73 Å². The van der Waals surface area contributed by atoms with Crippen molar-refractivity contribution in [3.8, 4) is 0 Å². The van der Waals surface area contributed by atoms with Crippen molar-refractivity contribution in [1.29, 1.82) is 0 Å². The van der Waals surface area contributed by atoms with Crippen molar-refractivity contribution >= 4 is 22.3 Å². The standard InChI is InChI=1S/C21H17F2NO2.Na/c22-16-7-8-18(19(23)12-16)17(9-10-20(24)21(25)26)15-6-5-13-3-1-2-4-14(13)11-15;/h1-9,11-12,20H,10,24H2,(H,25,26);/q;+1/p-1/b17-9+;. The van der Waals surface area contributed by atoms with Crippen LogP contribution in [0, 0.1) is 11.6 Å². The molecule has 0 aliphatic heterocycles. The Morgan fingerprint density at radius 1 is 1.04 bits per heavy atom. The van der Waals surface area contributed by atoms with E-state index in [1.807, 2.05) is 42.5 Å². The quantitative estimate of drug-likeness (QED) is 0.640. The second-order valence-corrected chi connectivity index (χ2v) is 5.97. The predicted molar refractivity (Wildman–Crippen MR) is 95.0 cm³/mol. The van der Waals surface area contributed by atoms with Crippen LogP contribution in [0.15, 0.2) is 66.7 Å². The maximum atomic E-state index is 14.3. The van der Waals surface area contributed by atoms with Gasteiger partial charge in [-0.25, -0.2) is 8.78 Å². The van der Waals surface area contributed by atoms with Crippen LogP contribution in [0.25, 0.3) is 16.3 Å². The molecule has 3 aromatic rings. The van der Waals surface area contributed by atoms with E-state index >= 15 is 0 Å². The monoisotopic (exact) mass is 375 g/mol. The van der Waals surface area contributed by atoms with Crippen molar-refractivity contribution in [2.75, 3.05) is 0 Å². The Hall–Kier alpha value is -2.05. The Morgan fingerprint density at radius 3 is 2.41 bits per heavy atom. The van der Waals surface area contributed by atoms with Crippen LogP contribution in [0.3, 0.4) is 0 Å². The minimum absolute atomic E-state index is 0. The second-order valence-electron chi connectivity index (χ2n) is 5.97. The van der Waals surface area contributed by atoms with Crippen LogP contribution >= 0.6 is 0 Å². The van der Waals surface area contributed by atoms with E-state index in [1.54, 1.807) is 6.08 Å². The molecule has 1 unspecified atom stereocenters. The van der Waals surface area contributed by atoms with Gasteiger partial charge in [-0.1, -0.05) is 42.5 Å². The fourth-order valence-corrected chi connectivity index (χ4v) is 2.79. The van der Waals surface area contributed by atoms with E-state index < -0.39 is 23.6 Å². The summed E-state index contributed by atoms with van der Waals surface area (Å²) in [7, 11) is 0. The maximum absolute atomic E-state index is 14.3. The zero-order valence-electron chi connectivity index (χ0n) is 14.8. The Morgan fingerprint density at radius 2 is 1.74 bits per heavy atom. The van der Waals surface area contributed by atoms with Crippen molar-refractivity contribution in [2.45, 2.75) is 12.5 Å². The number of benzene rings is 3. The number of halogens is 2. The molecule has 0 aliphatic rings. The average Bonchev–Trinajstić information content (AvgIpc) is 2.62. The van der Waals surface area contributed by atoms with Crippen molar-refractivity contribution in [3.63, 3.8) is 0 Å². The number of carboxylic acids is 1. The Balaban J connectivity index is 0.00000261. The molecule has 0 bridgehead atoms. The van der Waals surface area contributed by atoms with Gasteiger partial charge in [0, 0.05) is 17.7 Å². The molecule has 0 saturated heterocycles. The first kappa shape index (κ1) is 21.3. The van der Waals surface area contributed by atoms with E-state index in [-0.39, 0.29) is 41.5 Å². The zero-order valence-corrected chi connectivity index (χ0v) is 16.8. The smallest absolute Gasteiger partial charge is 0.548 e. The number of carbonyl (C=O) groups is 1. The number of fused-ring (bicyclic) bond motifs is 1. The summed E-state index contributed by atoms with van der Waals surface area (Å²) in [4.78, 5) is 10.9. The summed E-state index contributed by atoms with van der Waals surface area (Å²) in [5.41, 5.74) is 6.82. The normalized spacial score (nSPS) is 12.5. The number of nitrogens with two attached hydrogens (primary N) is 1. The van der Waals surface area contributed by atoms with E-state index in [1.165, 1.54) is 6.07 Å². The molecule has 0 aliphatic carbocycles. The van der Waals surface area contributed by atoms with Gasteiger partial charge in [0.2, 0.25) is 0 Å². The van der Waals surface area contributed by atoms with E-state index in [4.69, 9.17) is 5.73 Å². The molecule has 0 fully saturated rings. The van der Waals surface area contributed by atoms with Crippen LogP contribution < -0.4 is 40.4 Å². The number of aliphatic carboxylic acids is 1. The number of rotatable bonds is 5. The second kappa shape index (κ2) is 9.24. The first-order chi connectivity index (χ1) is 12.5. The fraction of sp³-hybridized carbons (Fsp3) is 0.0952. The van der Waals surface area contributed by atoms with Crippen molar-refractivity contribution in [1.82, 2.24) is 0 Å². The van der Waals surface area contributed by atoms with Gasteiger partial charge in [-0.15, -0.1) is 0 Å². The van der Waals surface area contributed by atoms with Gasteiger partial charge in [-0.05, 0) is 46.5 Å². The van der Waals surface area contributed by atoms with Gasteiger partial charge in [0.1, 0.15) is 11.6 Å². The molecule has 0 radical (unpaired) electrons. The summed E-state index contributed by atoms with van der Waals surface area (Å²) in [6, 6.07) is 15.3. The summed E-state index contributed by atoms with van der Waals surface area (Å²) in [5, 5.41) is 12.8. The Kier molecular flexibility index (Phi) is 7.27. The van der Waals surface area contributed by atoms with Gasteiger partial charge >= 0.3 is 29.6 Å². The predicted octanol–water partition coefficient (Wildman–Crippen LogP) is 0.0210. The third kappa shape index (κ3) is 5.02. The minimum atomic E-state index is -1.39. The molecule has 0 heterocycles. The molecule has 1 atom stereocenters.